The minimum atomic E-state index is -0.203. The van der Waals surface area contributed by atoms with Crippen LogP contribution in [0, 0.1) is 6.92 Å². The van der Waals surface area contributed by atoms with Crippen LogP contribution in [0.4, 0.5) is 0 Å². The molecule has 0 radical (unpaired) electrons. The third-order valence-corrected chi connectivity index (χ3v) is 3.38. The van der Waals surface area contributed by atoms with Crippen molar-refractivity contribution in [3.8, 4) is 0 Å². The lowest BCUT2D eigenvalue weighted by Crippen LogP contribution is -2.55. The van der Waals surface area contributed by atoms with Gasteiger partial charge in [-0.25, -0.2) is 4.37 Å². The van der Waals surface area contributed by atoms with E-state index in [1.165, 1.54) is 11.5 Å². The molecule has 0 saturated heterocycles. The van der Waals surface area contributed by atoms with E-state index in [1.54, 1.807) is 6.20 Å². The molecule has 1 aromatic rings. The molecule has 0 fully saturated rings. The van der Waals surface area contributed by atoms with Gasteiger partial charge in [0.25, 0.3) is 5.91 Å². The van der Waals surface area contributed by atoms with Crippen molar-refractivity contribution in [2.24, 2.45) is 0 Å². The molecule has 1 rings (SSSR count). The summed E-state index contributed by atoms with van der Waals surface area (Å²) in [7, 11) is 0. The Morgan fingerprint density at radius 3 is 1.94 bits per heavy atom. The first-order chi connectivity index (χ1) is 7.55. The molecule has 0 unspecified atom stereocenters. The molecular formula is C13H22N2OS. The topological polar surface area (TPSA) is 33.2 Å². The van der Waals surface area contributed by atoms with E-state index in [-0.39, 0.29) is 17.0 Å². The maximum atomic E-state index is 12.6. The number of aryl methyl sites for hydroxylation is 1. The normalized spacial score (nSPS) is 12.6. The van der Waals surface area contributed by atoms with Gasteiger partial charge in [-0.15, -0.1) is 0 Å². The highest BCUT2D eigenvalue weighted by Gasteiger charge is 2.37. The molecule has 17 heavy (non-hydrogen) atoms. The smallest absolute Gasteiger partial charge is 0.266 e. The fourth-order valence-corrected chi connectivity index (χ4v) is 2.90. The van der Waals surface area contributed by atoms with E-state index >= 15 is 0 Å². The van der Waals surface area contributed by atoms with E-state index in [2.05, 4.69) is 45.9 Å². The van der Waals surface area contributed by atoms with Gasteiger partial charge in [0.1, 0.15) is 4.88 Å². The van der Waals surface area contributed by atoms with Gasteiger partial charge in [0.15, 0.2) is 0 Å². The van der Waals surface area contributed by atoms with E-state index in [0.717, 1.165) is 10.4 Å². The zero-order valence-corrected chi connectivity index (χ0v) is 12.6. The Morgan fingerprint density at radius 1 is 1.18 bits per heavy atom. The van der Waals surface area contributed by atoms with Gasteiger partial charge in [-0.2, -0.15) is 0 Å². The maximum absolute atomic E-state index is 12.6. The summed E-state index contributed by atoms with van der Waals surface area (Å²) in [6.45, 7) is 14.3. The monoisotopic (exact) mass is 254 g/mol. The van der Waals surface area contributed by atoms with Crippen LogP contribution < -0.4 is 0 Å². The Bertz CT molecular complexity index is 396. The number of aromatic nitrogens is 1. The minimum absolute atomic E-state index is 0.0741. The van der Waals surface area contributed by atoms with Gasteiger partial charge in [0.05, 0.1) is 0 Å². The molecule has 1 aromatic heterocycles. The molecule has 3 nitrogen and oxygen atoms in total. The van der Waals surface area contributed by atoms with Crippen molar-refractivity contribution < 1.29 is 4.79 Å². The predicted molar refractivity (Wildman–Crippen MR) is 72.5 cm³/mol. The molecule has 0 aromatic carbocycles. The molecule has 0 spiro atoms. The number of nitrogens with zero attached hydrogens (tertiary/aromatic N) is 2. The van der Waals surface area contributed by atoms with Crippen LogP contribution in [0.2, 0.25) is 0 Å². The number of rotatable bonds is 1. The van der Waals surface area contributed by atoms with Crippen molar-refractivity contribution in [1.29, 1.82) is 0 Å². The average molecular weight is 254 g/mol. The van der Waals surface area contributed by atoms with Crippen LogP contribution in [0.25, 0.3) is 0 Å². The molecule has 96 valence electrons. The molecule has 0 N–H and O–H groups in total. The van der Waals surface area contributed by atoms with E-state index in [9.17, 15) is 4.79 Å². The Kier molecular flexibility index (Phi) is 3.67. The SMILES string of the molecule is Cc1cnsc1C(=O)N(C(C)(C)C)C(C)(C)C. The van der Waals surface area contributed by atoms with Crippen molar-refractivity contribution in [2.75, 3.05) is 0 Å². The summed E-state index contributed by atoms with van der Waals surface area (Å²) in [6, 6.07) is 0. The highest BCUT2D eigenvalue weighted by molar-refractivity contribution is 7.08. The Hall–Kier alpha value is -0.900. The highest BCUT2D eigenvalue weighted by atomic mass is 32.1. The van der Waals surface area contributed by atoms with Crippen LogP contribution in [-0.2, 0) is 0 Å². The molecule has 4 heteroatoms. The number of carbonyl (C=O) groups excluding carboxylic acids is 1. The van der Waals surface area contributed by atoms with E-state index < -0.39 is 0 Å². The number of hydrogen-bond donors (Lipinski definition) is 0. The predicted octanol–water partition coefficient (Wildman–Crippen LogP) is 3.49. The van der Waals surface area contributed by atoms with E-state index in [0.29, 0.717) is 0 Å². The first kappa shape index (κ1) is 14.2. The van der Waals surface area contributed by atoms with Gasteiger partial charge < -0.3 is 4.90 Å². The fourth-order valence-electron chi connectivity index (χ4n) is 2.21. The summed E-state index contributed by atoms with van der Waals surface area (Å²) in [5.41, 5.74) is 0.552. The lowest BCUT2D eigenvalue weighted by atomic mass is 9.95. The summed E-state index contributed by atoms with van der Waals surface area (Å²) < 4.78 is 4.08. The average Bonchev–Trinajstić information content (AvgIpc) is 2.45. The van der Waals surface area contributed by atoms with Gasteiger partial charge >= 0.3 is 0 Å². The molecule has 0 bridgehead atoms. The number of hydrogen-bond acceptors (Lipinski definition) is 3. The van der Waals surface area contributed by atoms with Crippen molar-refractivity contribution in [1.82, 2.24) is 9.27 Å². The Morgan fingerprint density at radius 2 is 1.65 bits per heavy atom. The maximum Gasteiger partial charge on any atom is 0.266 e. The van der Waals surface area contributed by atoms with Crippen LogP contribution in [0.15, 0.2) is 6.20 Å². The summed E-state index contributed by atoms with van der Waals surface area (Å²) in [6.07, 6.45) is 1.75. The lowest BCUT2D eigenvalue weighted by Gasteiger charge is -2.45. The van der Waals surface area contributed by atoms with Gasteiger partial charge in [-0.05, 0) is 65.6 Å². The molecule has 1 amide bonds. The second kappa shape index (κ2) is 4.41. The van der Waals surface area contributed by atoms with Crippen molar-refractivity contribution in [3.63, 3.8) is 0 Å². The second-order valence-electron chi connectivity index (χ2n) is 6.32. The quantitative estimate of drug-likeness (QED) is 0.768. The number of amides is 1. The third kappa shape index (κ3) is 3.06. The van der Waals surface area contributed by atoms with Gasteiger partial charge in [-0.3, -0.25) is 4.79 Å². The van der Waals surface area contributed by atoms with Crippen LogP contribution in [0.3, 0.4) is 0 Å². The lowest BCUT2D eigenvalue weighted by molar-refractivity contribution is 0.0275. The largest absolute Gasteiger partial charge is 0.328 e. The third-order valence-electron chi connectivity index (χ3n) is 2.49. The minimum Gasteiger partial charge on any atom is -0.328 e. The summed E-state index contributed by atoms with van der Waals surface area (Å²) in [5.74, 6) is 0.0741. The molecule has 0 saturated carbocycles. The summed E-state index contributed by atoms with van der Waals surface area (Å²) in [4.78, 5) is 15.3. The molecule has 0 aliphatic carbocycles. The molecule has 1 heterocycles. The number of carbonyl (C=O) groups is 1. The zero-order chi connectivity index (χ0) is 13.4. The van der Waals surface area contributed by atoms with E-state index in [1.807, 2.05) is 11.8 Å². The van der Waals surface area contributed by atoms with Crippen molar-refractivity contribution in [3.05, 3.63) is 16.6 Å². The van der Waals surface area contributed by atoms with Crippen LogP contribution in [0.1, 0.15) is 56.8 Å². The second-order valence-corrected chi connectivity index (χ2v) is 7.12. The van der Waals surface area contributed by atoms with Gasteiger partial charge in [-0.1, -0.05) is 0 Å². The highest BCUT2D eigenvalue weighted by Crippen LogP contribution is 2.29. The van der Waals surface area contributed by atoms with Gasteiger partial charge in [0, 0.05) is 17.3 Å². The van der Waals surface area contributed by atoms with E-state index in [4.69, 9.17) is 0 Å². The fraction of sp³-hybridized carbons (Fsp3) is 0.692. The molecular weight excluding hydrogens is 232 g/mol. The van der Waals surface area contributed by atoms with Crippen LogP contribution in [-0.4, -0.2) is 26.3 Å². The molecule has 0 atom stereocenters. The van der Waals surface area contributed by atoms with Crippen molar-refractivity contribution >= 4 is 17.4 Å². The first-order valence-electron chi connectivity index (χ1n) is 5.81. The molecule has 0 aliphatic heterocycles. The zero-order valence-electron chi connectivity index (χ0n) is 11.8. The Labute approximate surface area is 108 Å². The Balaban J connectivity index is 3.18. The molecule has 0 aliphatic rings. The van der Waals surface area contributed by atoms with Crippen LogP contribution in [0.5, 0.6) is 0 Å². The van der Waals surface area contributed by atoms with Gasteiger partial charge in [0.2, 0.25) is 0 Å². The van der Waals surface area contributed by atoms with Crippen LogP contribution >= 0.6 is 11.5 Å². The summed E-state index contributed by atoms with van der Waals surface area (Å²) in [5, 5.41) is 0. The first-order valence-corrected chi connectivity index (χ1v) is 6.58. The van der Waals surface area contributed by atoms with Crippen molar-refractivity contribution in [2.45, 2.75) is 59.5 Å². The standard InChI is InChI=1S/C13H22N2OS/c1-9-8-14-17-10(9)11(16)15(12(2,3)4)13(5,6)7/h8H,1-7H3. The summed E-state index contributed by atoms with van der Waals surface area (Å²) >= 11 is 1.28.